The average Bonchev–Trinajstić information content (AvgIpc) is 2.16. The molecule has 3 heteroatoms. The molecule has 0 N–H and O–H groups in total. The molecule has 0 spiro atoms. The van der Waals surface area contributed by atoms with Gasteiger partial charge in [0.15, 0.2) is 0 Å². The van der Waals surface area contributed by atoms with E-state index in [1.54, 1.807) is 18.6 Å². The van der Waals surface area contributed by atoms with Gasteiger partial charge < -0.3 is 4.74 Å². The second-order valence-corrected chi connectivity index (χ2v) is 2.09. The minimum absolute atomic E-state index is 0.225. The molecule has 12 heavy (non-hydrogen) atoms. The molecule has 2 radical (unpaired) electrons. The maximum atomic E-state index is 10.3. The first-order valence-electron chi connectivity index (χ1n) is 3.26. The number of hydrogen-bond acceptors (Lipinski definition) is 3. The molecule has 0 amide bonds. The van der Waals surface area contributed by atoms with Crippen molar-refractivity contribution in [2.75, 3.05) is 7.11 Å². The molecular weight excluding hydrogens is 156 g/mol. The van der Waals surface area contributed by atoms with Crippen molar-refractivity contribution in [1.29, 1.82) is 0 Å². The van der Waals surface area contributed by atoms with Crippen molar-refractivity contribution in [2.45, 2.75) is 0 Å². The van der Waals surface area contributed by atoms with Crippen LogP contribution in [-0.4, -0.2) is 19.7 Å². The average molecular weight is 162 g/mol. The summed E-state index contributed by atoms with van der Waals surface area (Å²) in [5, 5.41) is 0. The van der Waals surface area contributed by atoms with Gasteiger partial charge in [0.05, 0.1) is 18.2 Å². The van der Waals surface area contributed by atoms with Crippen LogP contribution >= 0.6 is 0 Å². The Morgan fingerprint density at radius 1 is 1.17 bits per heavy atom. The molecular formula is C9H6O3. The highest BCUT2D eigenvalue weighted by atomic mass is 16.5. The van der Waals surface area contributed by atoms with E-state index in [0.717, 1.165) is 0 Å². The highest BCUT2D eigenvalue weighted by Crippen LogP contribution is 2.19. The van der Waals surface area contributed by atoms with Crippen molar-refractivity contribution in [3.63, 3.8) is 0 Å². The minimum Gasteiger partial charge on any atom is -0.495 e. The number of ether oxygens (including phenoxy) is 1. The van der Waals surface area contributed by atoms with Crippen molar-refractivity contribution < 1.29 is 14.3 Å². The van der Waals surface area contributed by atoms with Crippen LogP contribution in [0.15, 0.2) is 18.2 Å². The van der Waals surface area contributed by atoms with E-state index in [0.29, 0.717) is 0 Å². The SMILES string of the molecule is COc1c([C]=O)cccc1[C]=O. The molecule has 0 saturated carbocycles. The van der Waals surface area contributed by atoms with Gasteiger partial charge in [-0.15, -0.1) is 0 Å². The van der Waals surface area contributed by atoms with E-state index in [-0.39, 0.29) is 16.9 Å². The molecule has 0 saturated heterocycles. The monoisotopic (exact) mass is 162 g/mol. The third kappa shape index (κ3) is 1.34. The lowest BCUT2D eigenvalue weighted by Crippen LogP contribution is -1.95. The van der Waals surface area contributed by atoms with Crippen LogP contribution in [-0.2, 0) is 9.59 Å². The summed E-state index contributed by atoms with van der Waals surface area (Å²) in [5.74, 6) is 0.225. The zero-order valence-electron chi connectivity index (χ0n) is 6.46. The van der Waals surface area contributed by atoms with Gasteiger partial charge in [-0.25, -0.2) is 0 Å². The van der Waals surface area contributed by atoms with Gasteiger partial charge in [-0.3, -0.25) is 9.59 Å². The predicted octanol–water partition coefficient (Wildman–Crippen LogP) is 0.611. The van der Waals surface area contributed by atoms with Gasteiger partial charge in [0.1, 0.15) is 5.75 Å². The van der Waals surface area contributed by atoms with Crippen molar-refractivity contribution in [3.8, 4) is 5.75 Å². The molecule has 0 aliphatic carbocycles. The second-order valence-electron chi connectivity index (χ2n) is 2.09. The van der Waals surface area contributed by atoms with E-state index in [1.165, 1.54) is 19.2 Å². The maximum absolute atomic E-state index is 10.3. The third-order valence-corrected chi connectivity index (χ3v) is 1.44. The van der Waals surface area contributed by atoms with Crippen LogP contribution in [0.3, 0.4) is 0 Å². The Kier molecular flexibility index (Phi) is 2.58. The van der Waals surface area contributed by atoms with Crippen LogP contribution < -0.4 is 4.74 Å². The highest BCUT2D eigenvalue weighted by Gasteiger charge is 2.07. The maximum Gasteiger partial charge on any atom is 0.237 e. The van der Waals surface area contributed by atoms with E-state index in [1.807, 2.05) is 0 Å². The molecule has 0 atom stereocenters. The second kappa shape index (κ2) is 3.67. The van der Waals surface area contributed by atoms with Crippen LogP contribution in [0.4, 0.5) is 0 Å². The molecule has 3 nitrogen and oxygen atoms in total. The third-order valence-electron chi connectivity index (χ3n) is 1.44. The highest BCUT2D eigenvalue weighted by molar-refractivity contribution is 5.88. The molecule has 0 fully saturated rings. The molecule has 0 aliphatic rings. The Hall–Kier alpha value is -1.64. The Morgan fingerprint density at radius 2 is 1.67 bits per heavy atom. The van der Waals surface area contributed by atoms with Crippen molar-refractivity contribution in [1.82, 2.24) is 0 Å². The fourth-order valence-corrected chi connectivity index (χ4v) is 0.918. The van der Waals surface area contributed by atoms with Crippen molar-refractivity contribution in [2.24, 2.45) is 0 Å². The summed E-state index contributed by atoms with van der Waals surface area (Å²) in [6.07, 6.45) is 3.33. The minimum atomic E-state index is 0.225. The lowest BCUT2D eigenvalue weighted by Gasteiger charge is -2.03. The topological polar surface area (TPSA) is 43.4 Å². The van der Waals surface area contributed by atoms with Gasteiger partial charge in [-0.2, -0.15) is 0 Å². The summed E-state index contributed by atoms with van der Waals surface area (Å²) in [7, 11) is 1.39. The van der Waals surface area contributed by atoms with E-state index < -0.39 is 0 Å². The lowest BCUT2D eigenvalue weighted by atomic mass is 10.1. The van der Waals surface area contributed by atoms with Crippen LogP contribution in [0.2, 0.25) is 0 Å². The Balaban J connectivity index is 3.30. The Bertz CT molecular complexity index is 278. The number of benzene rings is 1. The zero-order chi connectivity index (χ0) is 8.97. The Morgan fingerprint density at radius 3 is 2.00 bits per heavy atom. The van der Waals surface area contributed by atoms with E-state index in [2.05, 4.69) is 0 Å². The van der Waals surface area contributed by atoms with Crippen LogP contribution in [0.1, 0.15) is 11.1 Å². The normalized spacial score (nSPS) is 9.08. The number of methoxy groups -OCH3 is 1. The number of carbonyl (C=O) groups excluding carboxylic acids is 2. The molecule has 0 heterocycles. The fraction of sp³-hybridized carbons (Fsp3) is 0.111. The van der Waals surface area contributed by atoms with Gasteiger partial charge in [0.25, 0.3) is 0 Å². The standard InChI is InChI=1S/C9H6O3/c1-12-9-7(5-10)3-2-4-8(9)6-11/h2-4H,1H3. The van der Waals surface area contributed by atoms with Gasteiger partial charge in [0.2, 0.25) is 12.6 Å². The number of rotatable bonds is 3. The fourth-order valence-electron chi connectivity index (χ4n) is 0.918. The van der Waals surface area contributed by atoms with Gasteiger partial charge in [0, 0.05) is 0 Å². The number of hydrogen-bond donors (Lipinski definition) is 0. The summed E-state index contributed by atoms with van der Waals surface area (Å²) in [6.45, 7) is 0. The molecule has 0 aromatic heterocycles. The largest absolute Gasteiger partial charge is 0.495 e. The molecule has 0 aliphatic heterocycles. The summed E-state index contributed by atoms with van der Waals surface area (Å²) in [4.78, 5) is 20.6. The summed E-state index contributed by atoms with van der Waals surface area (Å²) in [6, 6.07) is 4.61. The number of para-hydroxylation sites is 1. The van der Waals surface area contributed by atoms with Crippen LogP contribution in [0.5, 0.6) is 5.75 Å². The van der Waals surface area contributed by atoms with Crippen LogP contribution in [0, 0.1) is 0 Å². The molecule has 1 aromatic carbocycles. The quantitative estimate of drug-likeness (QED) is 0.654. The van der Waals surface area contributed by atoms with Gasteiger partial charge in [-0.05, 0) is 12.1 Å². The van der Waals surface area contributed by atoms with Gasteiger partial charge >= 0.3 is 0 Å². The van der Waals surface area contributed by atoms with E-state index in [4.69, 9.17) is 4.74 Å². The molecule has 0 bridgehead atoms. The van der Waals surface area contributed by atoms with E-state index in [9.17, 15) is 9.59 Å². The first-order chi connectivity index (χ1) is 5.83. The summed E-state index contributed by atoms with van der Waals surface area (Å²) in [5.41, 5.74) is 0.469. The first kappa shape index (κ1) is 8.46. The molecule has 60 valence electrons. The van der Waals surface area contributed by atoms with Crippen molar-refractivity contribution in [3.05, 3.63) is 29.3 Å². The van der Waals surface area contributed by atoms with E-state index >= 15 is 0 Å². The molecule has 1 rings (SSSR count). The first-order valence-corrected chi connectivity index (χ1v) is 3.26. The molecule has 1 aromatic rings. The summed E-state index contributed by atoms with van der Waals surface area (Å²) >= 11 is 0. The smallest absolute Gasteiger partial charge is 0.237 e. The predicted molar refractivity (Wildman–Crippen MR) is 42.6 cm³/mol. The lowest BCUT2D eigenvalue weighted by molar-refractivity contribution is 0.411. The van der Waals surface area contributed by atoms with Crippen molar-refractivity contribution >= 4 is 12.6 Å². The summed E-state index contributed by atoms with van der Waals surface area (Å²) < 4.78 is 4.83. The van der Waals surface area contributed by atoms with Gasteiger partial charge in [-0.1, -0.05) is 6.07 Å². The van der Waals surface area contributed by atoms with Crippen LogP contribution in [0.25, 0.3) is 0 Å². The zero-order valence-corrected chi connectivity index (χ0v) is 6.46. The molecule has 0 unspecified atom stereocenters. The Labute approximate surface area is 70.0 Å².